The summed E-state index contributed by atoms with van der Waals surface area (Å²) in [4.78, 5) is 6.86. The van der Waals surface area contributed by atoms with Crippen LogP contribution in [0.5, 0.6) is 0 Å². The van der Waals surface area contributed by atoms with E-state index in [2.05, 4.69) is 35.2 Å². The second-order valence-electron chi connectivity index (χ2n) is 5.48. The highest BCUT2D eigenvalue weighted by atomic mass is 79.9. The molecule has 138 valence electrons. The number of amidine groups is 1. The number of hydrogen-bond donors (Lipinski definition) is 0. The Bertz CT molecular complexity index is 702. The fourth-order valence-corrected chi connectivity index (χ4v) is 3.06. The lowest BCUT2D eigenvalue weighted by Gasteiger charge is -2.26. The molecule has 0 atom stereocenters. The van der Waals surface area contributed by atoms with E-state index in [4.69, 9.17) is 0 Å². The number of rotatable bonds is 8. The number of halogens is 2. The highest BCUT2D eigenvalue weighted by Gasteiger charge is 2.13. The molecule has 0 amide bonds. The van der Waals surface area contributed by atoms with E-state index >= 15 is 0 Å². The SMILES string of the molecule is Br.C=CCN=C(SCC=C)N(Cc1ccccc1)Cc1ccc(F)cc1. The molecule has 2 aromatic rings. The average molecular weight is 435 g/mol. The maximum Gasteiger partial charge on any atom is 0.160 e. The van der Waals surface area contributed by atoms with Gasteiger partial charge in [-0.2, -0.15) is 0 Å². The molecule has 0 unspecified atom stereocenters. The van der Waals surface area contributed by atoms with Crippen molar-refractivity contribution in [3.05, 3.63) is 96.9 Å². The topological polar surface area (TPSA) is 15.6 Å². The normalized spacial score (nSPS) is 10.7. The Balaban J connectivity index is 0.00000338. The van der Waals surface area contributed by atoms with Crippen molar-refractivity contribution in [2.45, 2.75) is 13.1 Å². The summed E-state index contributed by atoms with van der Waals surface area (Å²) >= 11 is 1.65. The molecule has 0 N–H and O–H groups in total. The molecule has 26 heavy (non-hydrogen) atoms. The van der Waals surface area contributed by atoms with Crippen molar-refractivity contribution in [1.29, 1.82) is 0 Å². The Morgan fingerprint density at radius 3 is 2.15 bits per heavy atom. The highest BCUT2D eigenvalue weighted by Crippen LogP contribution is 2.18. The van der Waals surface area contributed by atoms with Gasteiger partial charge in [0.15, 0.2) is 5.17 Å². The molecule has 0 aliphatic rings. The molecule has 0 aromatic heterocycles. The van der Waals surface area contributed by atoms with Crippen LogP contribution in [-0.2, 0) is 13.1 Å². The third-order valence-corrected chi connectivity index (χ3v) is 4.51. The molecule has 0 bridgehead atoms. The Kier molecular flexibility index (Phi) is 10.7. The number of thioether (sulfide) groups is 1. The summed E-state index contributed by atoms with van der Waals surface area (Å²) in [6, 6.07) is 16.9. The second-order valence-corrected chi connectivity index (χ2v) is 6.47. The van der Waals surface area contributed by atoms with Crippen LogP contribution in [0.2, 0.25) is 0 Å². The Hall–Kier alpha value is -1.85. The van der Waals surface area contributed by atoms with Crippen LogP contribution in [0.25, 0.3) is 0 Å². The summed E-state index contributed by atoms with van der Waals surface area (Å²) in [7, 11) is 0. The van der Waals surface area contributed by atoms with E-state index in [1.54, 1.807) is 17.8 Å². The van der Waals surface area contributed by atoms with E-state index in [0.29, 0.717) is 13.1 Å². The summed E-state index contributed by atoms with van der Waals surface area (Å²) < 4.78 is 13.2. The molecule has 0 spiro atoms. The van der Waals surface area contributed by atoms with Gasteiger partial charge in [0.1, 0.15) is 5.82 Å². The van der Waals surface area contributed by atoms with E-state index in [-0.39, 0.29) is 22.8 Å². The van der Waals surface area contributed by atoms with Gasteiger partial charge in [-0.25, -0.2) is 4.39 Å². The van der Waals surface area contributed by atoms with Crippen LogP contribution < -0.4 is 0 Å². The van der Waals surface area contributed by atoms with Gasteiger partial charge in [-0.15, -0.1) is 30.1 Å². The zero-order chi connectivity index (χ0) is 17.9. The van der Waals surface area contributed by atoms with Gasteiger partial charge < -0.3 is 4.90 Å². The number of benzene rings is 2. The van der Waals surface area contributed by atoms with Crippen molar-refractivity contribution in [3.8, 4) is 0 Å². The van der Waals surface area contributed by atoms with Crippen molar-refractivity contribution < 1.29 is 4.39 Å². The first-order valence-electron chi connectivity index (χ1n) is 8.15. The molecule has 0 aliphatic heterocycles. The Morgan fingerprint density at radius 2 is 1.58 bits per heavy atom. The third-order valence-electron chi connectivity index (χ3n) is 3.46. The smallest absolute Gasteiger partial charge is 0.160 e. The first-order chi connectivity index (χ1) is 12.2. The van der Waals surface area contributed by atoms with Crippen molar-refractivity contribution in [3.63, 3.8) is 0 Å². The molecule has 2 aromatic carbocycles. The van der Waals surface area contributed by atoms with Crippen LogP contribution in [0.4, 0.5) is 4.39 Å². The van der Waals surface area contributed by atoms with Crippen LogP contribution >= 0.6 is 28.7 Å². The monoisotopic (exact) mass is 434 g/mol. The lowest BCUT2D eigenvalue weighted by atomic mass is 10.2. The van der Waals surface area contributed by atoms with Gasteiger partial charge in [0.2, 0.25) is 0 Å². The number of nitrogens with zero attached hydrogens (tertiary/aromatic N) is 2. The molecule has 0 fully saturated rings. The quantitative estimate of drug-likeness (QED) is 0.293. The lowest BCUT2D eigenvalue weighted by Crippen LogP contribution is -2.28. The van der Waals surface area contributed by atoms with Gasteiger partial charge in [-0.1, -0.05) is 66.4 Å². The molecule has 0 heterocycles. The van der Waals surface area contributed by atoms with E-state index in [1.165, 1.54) is 17.7 Å². The largest absolute Gasteiger partial charge is 0.343 e. The maximum atomic E-state index is 13.2. The first kappa shape index (κ1) is 22.2. The minimum atomic E-state index is -0.222. The van der Waals surface area contributed by atoms with Crippen LogP contribution in [0.1, 0.15) is 11.1 Å². The van der Waals surface area contributed by atoms with Crippen molar-refractivity contribution in [2.75, 3.05) is 12.3 Å². The van der Waals surface area contributed by atoms with Crippen LogP contribution in [-0.4, -0.2) is 22.4 Å². The van der Waals surface area contributed by atoms with Crippen LogP contribution in [0.3, 0.4) is 0 Å². The summed E-state index contributed by atoms with van der Waals surface area (Å²) in [5.74, 6) is 0.560. The number of hydrogen-bond acceptors (Lipinski definition) is 2. The Labute approximate surface area is 170 Å². The summed E-state index contributed by atoms with van der Waals surface area (Å²) in [6.07, 6.45) is 3.65. The molecule has 2 nitrogen and oxygen atoms in total. The minimum absolute atomic E-state index is 0. The molecular formula is C21H24BrFN2S. The van der Waals surface area contributed by atoms with E-state index in [9.17, 15) is 4.39 Å². The molecule has 2 rings (SSSR count). The van der Waals surface area contributed by atoms with Crippen molar-refractivity contribution in [1.82, 2.24) is 4.90 Å². The average Bonchev–Trinajstić information content (AvgIpc) is 2.64. The van der Waals surface area contributed by atoms with Gasteiger partial charge in [0.05, 0.1) is 6.54 Å². The van der Waals surface area contributed by atoms with Crippen molar-refractivity contribution >= 4 is 33.9 Å². The van der Waals surface area contributed by atoms with Crippen LogP contribution in [0.15, 0.2) is 84.9 Å². The van der Waals surface area contributed by atoms with E-state index in [1.807, 2.05) is 36.4 Å². The van der Waals surface area contributed by atoms with Gasteiger partial charge in [0.25, 0.3) is 0 Å². The maximum absolute atomic E-state index is 13.2. The Morgan fingerprint density at radius 1 is 0.962 bits per heavy atom. The van der Waals surface area contributed by atoms with Gasteiger partial charge in [0, 0.05) is 18.8 Å². The second kappa shape index (κ2) is 12.5. The zero-order valence-electron chi connectivity index (χ0n) is 14.7. The number of aliphatic imine (C=N–C) groups is 1. The highest BCUT2D eigenvalue weighted by molar-refractivity contribution is 8.93. The molecule has 0 radical (unpaired) electrons. The fourth-order valence-electron chi connectivity index (χ4n) is 2.32. The van der Waals surface area contributed by atoms with Gasteiger partial charge >= 0.3 is 0 Å². The molecular weight excluding hydrogens is 411 g/mol. The molecule has 0 aliphatic carbocycles. The van der Waals surface area contributed by atoms with Crippen LogP contribution in [0, 0.1) is 5.82 Å². The predicted molar refractivity (Wildman–Crippen MR) is 118 cm³/mol. The fraction of sp³-hybridized carbons (Fsp3) is 0.190. The van der Waals surface area contributed by atoms with Crippen molar-refractivity contribution in [2.24, 2.45) is 4.99 Å². The summed E-state index contributed by atoms with van der Waals surface area (Å²) in [6.45, 7) is 9.51. The lowest BCUT2D eigenvalue weighted by molar-refractivity contribution is 0.413. The third kappa shape index (κ3) is 7.58. The van der Waals surface area contributed by atoms with Gasteiger partial charge in [-0.3, -0.25) is 4.99 Å². The van der Waals surface area contributed by atoms with E-state index < -0.39 is 0 Å². The van der Waals surface area contributed by atoms with E-state index in [0.717, 1.165) is 23.0 Å². The standard InChI is InChI=1S/C21H23FN2S.BrH/c1-3-14-23-21(25-15-4-2)24(16-18-8-6-5-7-9-18)17-19-10-12-20(22)13-11-19;/h3-13H,1-2,14-17H2;1H. The molecule has 5 heteroatoms. The summed E-state index contributed by atoms with van der Waals surface area (Å²) in [5.41, 5.74) is 2.25. The predicted octanol–water partition coefficient (Wildman–Crippen LogP) is 5.87. The minimum Gasteiger partial charge on any atom is -0.343 e. The first-order valence-corrected chi connectivity index (χ1v) is 9.14. The van der Waals surface area contributed by atoms with Gasteiger partial charge in [-0.05, 0) is 23.3 Å². The zero-order valence-corrected chi connectivity index (χ0v) is 17.2. The molecule has 0 saturated carbocycles. The molecule has 0 saturated heterocycles. The summed E-state index contributed by atoms with van der Waals surface area (Å²) in [5, 5.41) is 0.938.